The third kappa shape index (κ3) is 4.26. The molecule has 0 aliphatic rings. The number of rotatable bonds is 7. The number of benzene rings is 1. The molecule has 0 atom stereocenters. The zero-order chi connectivity index (χ0) is 16.7. The smallest absolute Gasteiger partial charge is 0.313 e. The number of nitrogens with zero attached hydrogens (tertiary/aromatic N) is 4. The molecule has 1 aromatic heterocycles. The van der Waals surface area contributed by atoms with Crippen LogP contribution in [0.25, 0.3) is 0 Å². The minimum atomic E-state index is -0.496. The molecule has 1 N–H and O–H groups in total. The Hall–Kier alpha value is -2.96. The highest BCUT2D eigenvalue weighted by molar-refractivity contribution is 5.81. The Labute approximate surface area is 134 Å². The van der Waals surface area contributed by atoms with Crippen molar-refractivity contribution in [2.45, 2.75) is 13.8 Å². The van der Waals surface area contributed by atoms with Crippen molar-refractivity contribution >= 4 is 23.4 Å². The normalized spacial score (nSPS) is 10.7. The van der Waals surface area contributed by atoms with Gasteiger partial charge in [0.1, 0.15) is 0 Å². The third-order valence-electron chi connectivity index (χ3n) is 3.39. The molecular formula is C16H19N5O2. The van der Waals surface area contributed by atoms with Crippen molar-refractivity contribution in [3.05, 3.63) is 58.3 Å². The number of pyridine rings is 1. The topological polar surface area (TPSA) is 83.7 Å². The second-order valence-corrected chi connectivity index (χ2v) is 4.76. The highest BCUT2D eigenvalue weighted by Gasteiger charge is 2.12. The molecule has 7 nitrogen and oxygen atoms in total. The fourth-order valence-corrected chi connectivity index (χ4v) is 2.16. The van der Waals surface area contributed by atoms with E-state index in [2.05, 4.69) is 34.3 Å². The van der Waals surface area contributed by atoms with Crippen molar-refractivity contribution in [1.29, 1.82) is 0 Å². The molecule has 23 heavy (non-hydrogen) atoms. The fourth-order valence-electron chi connectivity index (χ4n) is 2.16. The molecular weight excluding hydrogens is 294 g/mol. The van der Waals surface area contributed by atoms with Crippen molar-refractivity contribution in [3.8, 4) is 0 Å². The van der Waals surface area contributed by atoms with Crippen LogP contribution in [0.2, 0.25) is 0 Å². The lowest BCUT2D eigenvalue weighted by Gasteiger charge is -2.20. The van der Waals surface area contributed by atoms with Gasteiger partial charge in [0.15, 0.2) is 0 Å². The van der Waals surface area contributed by atoms with Crippen molar-refractivity contribution in [2.75, 3.05) is 23.4 Å². The van der Waals surface area contributed by atoms with Crippen LogP contribution in [0.5, 0.6) is 0 Å². The number of nitro groups is 1. The summed E-state index contributed by atoms with van der Waals surface area (Å²) in [6.45, 7) is 6.13. The zero-order valence-electron chi connectivity index (χ0n) is 13.1. The van der Waals surface area contributed by atoms with E-state index in [0.29, 0.717) is 0 Å². The van der Waals surface area contributed by atoms with Gasteiger partial charge in [-0.05, 0) is 37.6 Å². The molecule has 7 heteroatoms. The summed E-state index contributed by atoms with van der Waals surface area (Å²) in [5.74, 6) is 0.119. The quantitative estimate of drug-likeness (QED) is 0.482. The highest BCUT2D eigenvalue weighted by atomic mass is 16.6. The largest absolute Gasteiger partial charge is 0.372 e. The molecule has 0 unspecified atom stereocenters. The van der Waals surface area contributed by atoms with Crippen LogP contribution in [0, 0.1) is 10.1 Å². The lowest BCUT2D eigenvalue weighted by atomic mass is 10.2. The predicted octanol–water partition coefficient (Wildman–Crippen LogP) is 3.28. The van der Waals surface area contributed by atoms with Crippen LogP contribution in [-0.2, 0) is 0 Å². The summed E-state index contributed by atoms with van der Waals surface area (Å²) in [6, 6.07) is 10.8. The number of hydrogen-bond acceptors (Lipinski definition) is 6. The lowest BCUT2D eigenvalue weighted by molar-refractivity contribution is -0.384. The van der Waals surface area contributed by atoms with E-state index >= 15 is 0 Å². The van der Waals surface area contributed by atoms with Crippen molar-refractivity contribution in [2.24, 2.45) is 5.10 Å². The molecule has 0 spiro atoms. The highest BCUT2D eigenvalue weighted by Crippen LogP contribution is 2.20. The second-order valence-electron chi connectivity index (χ2n) is 4.76. The Balaban J connectivity index is 2.05. The van der Waals surface area contributed by atoms with Crippen LogP contribution in [0.3, 0.4) is 0 Å². The molecule has 0 saturated carbocycles. The van der Waals surface area contributed by atoms with Gasteiger partial charge in [-0.15, -0.1) is 0 Å². The van der Waals surface area contributed by atoms with Crippen LogP contribution in [0.15, 0.2) is 47.7 Å². The second kappa shape index (κ2) is 7.88. The Bertz CT molecular complexity index is 681. The van der Waals surface area contributed by atoms with Gasteiger partial charge in [0, 0.05) is 31.0 Å². The molecule has 0 aliphatic heterocycles. The first-order valence-electron chi connectivity index (χ1n) is 7.39. The molecule has 2 rings (SSSR count). The van der Waals surface area contributed by atoms with Crippen molar-refractivity contribution < 1.29 is 4.92 Å². The van der Waals surface area contributed by atoms with Gasteiger partial charge < -0.3 is 4.90 Å². The maximum absolute atomic E-state index is 10.9. The molecule has 1 heterocycles. The first kappa shape index (κ1) is 16.4. The number of aromatic nitrogens is 1. The van der Waals surface area contributed by atoms with E-state index in [-0.39, 0.29) is 11.5 Å². The van der Waals surface area contributed by atoms with E-state index in [9.17, 15) is 10.1 Å². The Morgan fingerprint density at radius 2 is 1.96 bits per heavy atom. The molecule has 120 valence electrons. The summed E-state index contributed by atoms with van der Waals surface area (Å²) in [5, 5.41) is 14.9. The first-order chi connectivity index (χ1) is 11.2. The van der Waals surface area contributed by atoms with E-state index < -0.39 is 4.92 Å². The first-order valence-corrected chi connectivity index (χ1v) is 7.39. The number of nitrogens with one attached hydrogen (secondary N) is 1. The van der Waals surface area contributed by atoms with Crippen LogP contribution < -0.4 is 10.3 Å². The maximum atomic E-state index is 10.9. The number of hydrogen-bond donors (Lipinski definition) is 1. The monoisotopic (exact) mass is 313 g/mol. The SMILES string of the molecule is CCN(CC)c1ccc(/C=N\Nc2ncccc2[N+](=O)[O-])cc1. The van der Waals surface area contributed by atoms with E-state index in [0.717, 1.165) is 24.3 Å². The average molecular weight is 313 g/mol. The minimum absolute atomic E-state index is 0.110. The van der Waals surface area contributed by atoms with Gasteiger partial charge >= 0.3 is 5.69 Å². The molecule has 0 saturated heterocycles. The van der Waals surface area contributed by atoms with Gasteiger partial charge in [-0.25, -0.2) is 4.98 Å². The lowest BCUT2D eigenvalue weighted by Crippen LogP contribution is -2.21. The summed E-state index contributed by atoms with van der Waals surface area (Å²) in [4.78, 5) is 16.5. The molecule has 0 fully saturated rings. The molecule has 1 aromatic carbocycles. The Kier molecular flexibility index (Phi) is 5.62. The molecule has 2 aromatic rings. The molecule has 0 bridgehead atoms. The predicted molar refractivity (Wildman–Crippen MR) is 92.1 cm³/mol. The van der Waals surface area contributed by atoms with Gasteiger partial charge in [-0.1, -0.05) is 12.1 Å². The van der Waals surface area contributed by atoms with Gasteiger partial charge in [-0.2, -0.15) is 5.10 Å². The standard InChI is InChI=1S/C16H19N5O2/c1-3-20(4-2)14-9-7-13(8-10-14)12-18-19-16-15(21(22)23)6-5-11-17-16/h5-12H,3-4H2,1-2H3,(H,17,19)/b18-12-. The fraction of sp³-hybridized carbons (Fsp3) is 0.250. The van der Waals surface area contributed by atoms with Gasteiger partial charge in [0.2, 0.25) is 5.82 Å². The zero-order valence-corrected chi connectivity index (χ0v) is 13.1. The van der Waals surface area contributed by atoms with E-state index in [4.69, 9.17) is 0 Å². The maximum Gasteiger partial charge on any atom is 0.313 e. The van der Waals surface area contributed by atoms with Gasteiger partial charge in [0.25, 0.3) is 0 Å². The van der Waals surface area contributed by atoms with Gasteiger partial charge in [-0.3, -0.25) is 15.5 Å². The molecule has 0 aliphatic carbocycles. The summed E-state index contributed by atoms with van der Waals surface area (Å²) in [5.41, 5.74) is 4.55. The third-order valence-corrected chi connectivity index (χ3v) is 3.39. The van der Waals surface area contributed by atoms with Crippen LogP contribution in [0.1, 0.15) is 19.4 Å². The van der Waals surface area contributed by atoms with Gasteiger partial charge in [0.05, 0.1) is 11.1 Å². The number of anilines is 2. The van der Waals surface area contributed by atoms with E-state index in [1.807, 2.05) is 24.3 Å². The van der Waals surface area contributed by atoms with Crippen LogP contribution in [-0.4, -0.2) is 29.2 Å². The summed E-state index contributed by atoms with van der Waals surface area (Å²) >= 11 is 0. The average Bonchev–Trinajstić information content (AvgIpc) is 2.57. The summed E-state index contributed by atoms with van der Waals surface area (Å²) in [7, 11) is 0. The summed E-state index contributed by atoms with van der Waals surface area (Å²) in [6.07, 6.45) is 3.08. The van der Waals surface area contributed by atoms with E-state index in [1.165, 1.54) is 18.3 Å². The molecule has 0 amide bonds. The van der Waals surface area contributed by atoms with Crippen LogP contribution in [0.4, 0.5) is 17.2 Å². The number of hydrazone groups is 1. The van der Waals surface area contributed by atoms with Crippen molar-refractivity contribution in [1.82, 2.24) is 4.98 Å². The Morgan fingerprint density at radius 1 is 1.26 bits per heavy atom. The summed E-state index contributed by atoms with van der Waals surface area (Å²) < 4.78 is 0. The van der Waals surface area contributed by atoms with E-state index in [1.54, 1.807) is 6.21 Å². The Morgan fingerprint density at radius 3 is 2.57 bits per heavy atom. The minimum Gasteiger partial charge on any atom is -0.372 e. The molecule has 0 radical (unpaired) electrons. The van der Waals surface area contributed by atoms with Crippen molar-refractivity contribution in [3.63, 3.8) is 0 Å². The van der Waals surface area contributed by atoms with Crippen LogP contribution >= 0.6 is 0 Å².